The van der Waals surface area contributed by atoms with Gasteiger partial charge in [-0.15, -0.1) is 0 Å². The number of carbonyl (C=O) groups is 11. The predicted molar refractivity (Wildman–Crippen MR) is 262 cm³/mol. The molecule has 0 aliphatic rings. The van der Waals surface area contributed by atoms with E-state index < -0.39 is 157 Å². The van der Waals surface area contributed by atoms with Crippen LogP contribution in [0.4, 0.5) is 0 Å². The molecule has 10 atom stereocenters. The Morgan fingerprint density at radius 1 is 0.620 bits per heavy atom. The largest absolute Gasteiger partial charge is 0.481 e. The molecule has 71 heavy (non-hydrogen) atoms. The number of primary amides is 1. The molecule has 16 N–H and O–H groups in total. The number of hydrogen-bond donors (Lipinski definition) is 15. The van der Waals surface area contributed by atoms with Crippen molar-refractivity contribution in [1.29, 1.82) is 0 Å². The zero-order valence-corrected chi connectivity index (χ0v) is 42.2. The molecule has 0 aliphatic heterocycles. The molecule has 0 spiro atoms. The standard InChI is InChI=1S/C44H70N10O15S2/c1-21(2)16-27(51-42(66)34(46)23(5)56)37(61)52-30(19-55)40(64)50-29(18-32(45)57)39(63)54-35(22(3)4)43(67)47-25(12-13-33(58)59)36(60)53-31(20-70)41(65)49-28(17-24-10-8-7-9-11-24)38(62)48-26(44(68)69)14-15-71-6/h7-11,21-23,25-31,34-35,55-56,70H,12-20,46H2,1-6H3,(H2,45,57)(H,47,67)(H,48,62)(H,49,65)(H,50,64)(H,51,66)(H,52,61)(H,53,60)(H,54,63)(H,58,59)(H,68,69)/t23-,25+,26+,27+,28+,29+,30+,31+,34+,35+/m1/s1. The zero-order valence-electron chi connectivity index (χ0n) is 40.5. The molecule has 0 radical (unpaired) electrons. The molecule has 0 heterocycles. The lowest BCUT2D eigenvalue weighted by atomic mass is 10.0. The third-order valence-electron chi connectivity index (χ3n) is 10.5. The van der Waals surface area contributed by atoms with E-state index in [0.717, 1.165) is 0 Å². The van der Waals surface area contributed by atoms with E-state index in [0.29, 0.717) is 11.3 Å². The van der Waals surface area contributed by atoms with E-state index in [2.05, 4.69) is 55.2 Å². The van der Waals surface area contributed by atoms with Crippen molar-refractivity contribution < 1.29 is 73.2 Å². The molecule has 398 valence electrons. The summed E-state index contributed by atoms with van der Waals surface area (Å²) in [5.41, 5.74) is 11.7. The Kier molecular flexibility index (Phi) is 28.4. The summed E-state index contributed by atoms with van der Waals surface area (Å²) in [5, 5.41) is 57.9. The number of nitrogens with one attached hydrogen (secondary N) is 8. The van der Waals surface area contributed by atoms with Crippen molar-refractivity contribution in [3.8, 4) is 0 Å². The van der Waals surface area contributed by atoms with Gasteiger partial charge in [0, 0.05) is 18.6 Å². The molecule has 0 fully saturated rings. The van der Waals surface area contributed by atoms with Gasteiger partial charge in [-0.05, 0) is 55.6 Å². The number of thioether (sulfide) groups is 1. The van der Waals surface area contributed by atoms with Crippen molar-refractivity contribution in [2.75, 3.05) is 24.4 Å². The van der Waals surface area contributed by atoms with E-state index in [4.69, 9.17) is 11.5 Å². The van der Waals surface area contributed by atoms with Gasteiger partial charge >= 0.3 is 11.9 Å². The minimum atomic E-state index is -1.82. The molecule has 27 heteroatoms. The first-order valence-corrected chi connectivity index (χ1v) is 24.6. The van der Waals surface area contributed by atoms with Crippen LogP contribution < -0.4 is 54.0 Å². The second kappa shape index (κ2) is 32.0. The van der Waals surface area contributed by atoms with Crippen molar-refractivity contribution in [2.24, 2.45) is 23.3 Å². The first kappa shape index (κ1) is 63.0. The predicted octanol–water partition coefficient (Wildman–Crippen LogP) is -3.98. The first-order chi connectivity index (χ1) is 33.3. The highest BCUT2D eigenvalue weighted by atomic mass is 32.2. The number of hydrogen-bond acceptors (Lipinski definition) is 16. The Bertz CT molecular complexity index is 2000. The molecule has 1 aromatic rings. The number of amides is 9. The van der Waals surface area contributed by atoms with E-state index in [9.17, 15) is 73.2 Å². The van der Waals surface area contributed by atoms with Crippen LogP contribution in [0.3, 0.4) is 0 Å². The molecule has 0 bridgehead atoms. The normalized spacial score (nSPS) is 15.4. The van der Waals surface area contributed by atoms with Gasteiger partial charge in [0.05, 0.1) is 19.1 Å². The third-order valence-corrected chi connectivity index (χ3v) is 11.5. The Morgan fingerprint density at radius 3 is 1.61 bits per heavy atom. The third kappa shape index (κ3) is 23.2. The minimum absolute atomic E-state index is 0.0333. The van der Waals surface area contributed by atoms with Crippen LogP contribution in [0.5, 0.6) is 0 Å². The van der Waals surface area contributed by atoms with Crippen LogP contribution in [0.2, 0.25) is 0 Å². The van der Waals surface area contributed by atoms with Crippen molar-refractivity contribution in [1.82, 2.24) is 42.5 Å². The second-order valence-corrected chi connectivity index (χ2v) is 18.7. The number of nitrogens with two attached hydrogens (primary N) is 2. The van der Waals surface area contributed by atoms with Crippen LogP contribution in [0, 0.1) is 11.8 Å². The number of carboxylic acid groups (broad SMARTS) is 2. The van der Waals surface area contributed by atoms with E-state index >= 15 is 0 Å². The lowest BCUT2D eigenvalue weighted by molar-refractivity contribution is -0.142. The molecule has 0 saturated heterocycles. The minimum Gasteiger partial charge on any atom is -0.481 e. The van der Waals surface area contributed by atoms with Gasteiger partial charge in [0.15, 0.2) is 0 Å². The van der Waals surface area contributed by atoms with Gasteiger partial charge in [-0.1, -0.05) is 58.0 Å². The maximum atomic E-state index is 13.9. The number of carboxylic acids is 2. The Balaban J connectivity index is 3.35. The number of carbonyl (C=O) groups excluding carboxylic acids is 9. The average Bonchev–Trinajstić information content (AvgIpc) is 3.29. The van der Waals surface area contributed by atoms with Crippen LogP contribution in [0.1, 0.15) is 72.3 Å². The summed E-state index contributed by atoms with van der Waals surface area (Å²) in [7, 11) is 0. The first-order valence-electron chi connectivity index (χ1n) is 22.6. The van der Waals surface area contributed by atoms with E-state index in [-0.39, 0.29) is 30.9 Å². The number of rotatable bonds is 33. The Labute approximate surface area is 421 Å². The molecule has 9 amide bonds. The van der Waals surface area contributed by atoms with E-state index in [1.54, 1.807) is 50.4 Å². The van der Waals surface area contributed by atoms with Crippen molar-refractivity contribution in [2.45, 2.75) is 134 Å². The van der Waals surface area contributed by atoms with Crippen LogP contribution in [-0.2, 0) is 59.2 Å². The molecule has 0 aromatic heterocycles. The highest BCUT2D eigenvalue weighted by molar-refractivity contribution is 7.98. The zero-order chi connectivity index (χ0) is 54.1. The van der Waals surface area contributed by atoms with Crippen LogP contribution in [0.15, 0.2) is 30.3 Å². The fraction of sp³-hybridized carbons (Fsp3) is 0.614. The lowest BCUT2D eigenvalue weighted by Gasteiger charge is -2.28. The number of thiol groups is 1. The fourth-order valence-corrected chi connectivity index (χ4v) is 7.22. The van der Waals surface area contributed by atoms with Gasteiger partial charge in [-0.3, -0.25) is 47.9 Å². The van der Waals surface area contributed by atoms with Gasteiger partial charge in [0.25, 0.3) is 0 Å². The molecule has 25 nitrogen and oxygen atoms in total. The molecule has 0 unspecified atom stereocenters. The maximum absolute atomic E-state index is 13.9. The Morgan fingerprint density at radius 2 is 1.10 bits per heavy atom. The summed E-state index contributed by atoms with van der Waals surface area (Å²) in [5.74, 6) is -12.8. The van der Waals surface area contributed by atoms with Gasteiger partial charge in [-0.25, -0.2) is 4.79 Å². The van der Waals surface area contributed by atoms with E-state index in [1.807, 2.05) is 0 Å². The quantitative estimate of drug-likeness (QED) is 0.0299. The fourth-order valence-electron chi connectivity index (χ4n) is 6.49. The monoisotopic (exact) mass is 1040 g/mol. The van der Waals surface area contributed by atoms with E-state index in [1.165, 1.54) is 32.5 Å². The summed E-state index contributed by atoms with van der Waals surface area (Å²) in [6.45, 7) is 6.62. The topological polar surface area (TPSA) is 417 Å². The summed E-state index contributed by atoms with van der Waals surface area (Å²) >= 11 is 5.54. The van der Waals surface area contributed by atoms with Crippen molar-refractivity contribution in [3.05, 3.63) is 35.9 Å². The maximum Gasteiger partial charge on any atom is 0.326 e. The average molecular weight is 1040 g/mol. The number of aliphatic hydroxyl groups is 2. The van der Waals surface area contributed by atoms with Gasteiger partial charge in [0.2, 0.25) is 53.2 Å². The van der Waals surface area contributed by atoms with Gasteiger partial charge in [0.1, 0.15) is 54.4 Å². The molecular weight excluding hydrogens is 973 g/mol. The van der Waals surface area contributed by atoms with Gasteiger partial charge < -0.3 is 74.4 Å². The summed E-state index contributed by atoms with van der Waals surface area (Å²) in [6.07, 6.45) is -1.57. The summed E-state index contributed by atoms with van der Waals surface area (Å²) in [4.78, 5) is 143. The smallest absolute Gasteiger partial charge is 0.326 e. The summed E-state index contributed by atoms with van der Waals surface area (Å²) < 4.78 is 0. The van der Waals surface area contributed by atoms with Crippen LogP contribution in [-0.4, -0.2) is 170 Å². The van der Waals surface area contributed by atoms with Crippen LogP contribution >= 0.6 is 24.4 Å². The number of benzene rings is 1. The molecule has 1 rings (SSSR count). The highest BCUT2D eigenvalue weighted by Crippen LogP contribution is 2.11. The summed E-state index contributed by atoms with van der Waals surface area (Å²) in [6, 6.07) is -5.22. The molecule has 0 saturated carbocycles. The molecular formula is C44H70N10O15S2. The van der Waals surface area contributed by atoms with Gasteiger partial charge in [-0.2, -0.15) is 24.4 Å². The molecule has 0 aliphatic carbocycles. The number of aliphatic carboxylic acids is 2. The Hall–Kier alpha value is -6.03. The lowest BCUT2D eigenvalue weighted by Crippen LogP contribution is -2.62. The van der Waals surface area contributed by atoms with Crippen molar-refractivity contribution in [3.63, 3.8) is 0 Å². The van der Waals surface area contributed by atoms with Crippen molar-refractivity contribution >= 4 is 89.5 Å². The SMILES string of the molecule is CSCC[C@H](NC(=O)[C@H](Cc1ccccc1)NC(=O)[C@H](CS)NC(=O)[C@H](CCC(=O)O)NC(=O)[C@@H](NC(=O)[C@H](CC(N)=O)NC(=O)[C@H](CO)NC(=O)[C@H](CC(C)C)NC(=O)[C@@H](N)[C@@H](C)O)C(C)C)C(=O)O. The highest BCUT2D eigenvalue weighted by Gasteiger charge is 2.36. The van der Waals surface area contributed by atoms with Crippen LogP contribution in [0.25, 0.3) is 0 Å². The second-order valence-electron chi connectivity index (χ2n) is 17.3. The molecule has 1 aromatic carbocycles. The number of aliphatic hydroxyl groups excluding tert-OH is 2.